The Bertz CT molecular complexity index is 3170. The summed E-state index contributed by atoms with van der Waals surface area (Å²) in [4.78, 5) is 2.51. The van der Waals surface area contributed by atoms with E-state index in [0.29, 0.717) is 0 Å². The van der Waals surface area contributed by atoms with Crippen LogP contribution in [0.4, 0.5) is 17.1 Å². The summed E-state index contributed by atoms with van der Waals surface area (Å²) >= 11 is 1.86. The van der Waals surface area contributed by atoms with Crippen LogP contribution in [0.3, 0.4) is 0 Å². The van der Waals surface area contributed by atoms with Crippen molar-refractivity contribution in [3.05, 3.63) is 206 Å². The molecule has 0 fully saturated rings. The van der Waals surface area contributed by atoms with E-state index >= 15 is 0 Å². The van der Waals surface area contributed by atoms with Gasteiger partial charge in [-0.1, -0.05) is 152 Å². The standard InChI is InChI=1S/C52H34N2S/c1-2-15-36(16-3-1)42-32-31-37(41-25-12-18-35-17-4-5-21-40(35)41)33-49(42)54(48-28-14-30-51-52(48)45-24-8-11-29-50(45)55-51)39-20-13-19-38(34-39)53-46-26-9-6-22-43(46)44-23-7-10-27-47(44)53/h1-34H. The molecule has 0 radical (unpaired) electrons. The zero-order valence-electron chi connectivity index (χ0n) is 29.9. The molecule has 0 spiro atoms. The highest BCUT2D eigenvalue weighted by Gasteiger charge is 2.23. The lowest BCUT2D eigenvalue weighted by Gasteiger charge is -2.30. The summed E-state index contributed by atoms with van der Waals surface area (Å²) in [6, 6.07) is 75.3. The van der Waals surface area contributed by atoms with E-state index in [1.165, 1.54) is 75.0 Å². The predicted molar refractivity (Wildman–Crippen MR) is 237 cm³/mol. The van der Waals surface area contributed by atoms with Crippen molar-refractivity contribution in [2.75, 3.05) is 4.90 Å². The zero-order valence-corrected chi connectivity index (χ0v) is 30.7. The third-order valence-electron chi connectivity index (χ3n) is 11.0. The van der Waals surface area contributed by atoms with Crippen LogP contribution in [-0.4, -0.2) is 4.57 Å². The van der Waals surface area contributed by atoms with E-state index in [9.17, 15) is 0 Å². The highest BCUT2D eigenvalue weighted by molar-refractivity contribution is 7.26. The summed E-state index contributed by atoms with van der Waals surface area (Å²) in [5.41, 5.74) is 11.6. The quantitative estimate of drug-likeness (QED) is 0.166. The van der Waals surface area contributed by atoms with Crippen molar-refractivity contribution in [1.29, 1.82) is 0 Å². The van der Waals surface area contributed by atoms with Crippen LogP contribution in [-0.2, 0) is 0 Å². The fraction of sp³-hybridized carbons (Fsp3) is 0. The van der Waals surface area contributed by atoms with Crippen LogP contribution in [0.15, 0.2) is 206 Å². The zero-order chi connectivity index (χ0) is 36.3. The van der Waals surface area contributed by atoms with Crippen LogP contribution in [0, 0.1) is 0 Å². The minimum atomic E-state index is 1.09. The summed E-state index contributed by atoms with van der Waals surface area (Å²) in [7, 11) is 0. The summed E-state index contributed by atoms with van der Waals surface area (Å²) in [6.07, 6.45) is 0. The van der Waals surface area contributed by atoms with Crippen LogP contribution >= 0.6 is 11.3 Å². The summed E-state index contributed by atoms with van der Waals surface area (Å²) in [6.45, 7) is 0. The van der Waals surface area contributed by atoms with Gasteiger partial charge in [0, 0.05) is 47.9 Å². The van der Waals surface area contributed by atoms with Crippen molar-refractivity contribution in [2.24, 2.45) is 0 Å². The van der Waals surface area contributed by atoms with E-state index in [1.54, 1.807) is 0 Å². The average Bonchev–Trinajstić information content (AvgIpc) is 3.80. The van der Waals surface area contributed by atoms with Crippen LogP contribution in [0.5, 0.6) is 0 Å². The first-order valence-electron chi connectivity index (χ1n) is 18.8. The van der Waals surface area contributed by atoms with Gasteiger partial charge in [0.25, 0.3) is 0 Å². The normalized spacial score (nSPS) is 11.6. The van der Waals surface area contributed by atoms with Crippen molar-refractivity contribution >= 4 is 81.1 Å². The Labute approximate surface area is 323 Å². The number of rotatable bonds is 6. The molecule has 0 aliphatic carbocycles. The predicted octanol–water partition coefficient (Wildman–Crippen LogP) is 15.1. The van der Waals surface area contributed by atoms with Gasteiger partial charge in [0.1, 0.15) is 0 Å². The summed E-state index contributed by atoms with van der Waals surface area (Å²) in [5, 5.41) is 7.52. The van der Waals surface area contributed by atoms with Crippen molar-refractivity contribution in [1.82, 2.24) is 4.57 Å². The number of hydrogen-bond acceptors (Lipinski definition) is 2. The Morgan fingerprint density at radius 3 is 1.84 bits per heavy atom. The smallest absolute Gasteiger partial charge is 0.0555 e. The molecule has 0 saturated carbocycles. The van der Waals surface area contributed by atoms with Gasteiger partial charge in [-0.15, -0.1) is 11.3 Å². The van der Waals surface area contributed by atoms with E-state index in [4.69, 9.17) is 0 Å². The Morgan fingerprint density at radius 2 is 1.02 bits per heavy atom. The molecule has 0 aliphatic heterocycles. The lowest BCUT2D eigenvalue weighted by molar-refractivity contribution is 1.17. The molecular formula is C52H34N2S. The van der Waals surface area contributed by atoms with Crippen molar-refractivity contribution in [2.45, 2.75) is 0 Å². The number of para-hydroxylation sites is 2. The fourth-order valence-corrected chi connectivity index (χ4v) is 9.67. The maximum absolute atomic E-state index is 2.51. The maximum Gasteiger partial charge on any atom is 0.0555 e. The lowest BCUT2D eigenvalue weighted by Crippen LogP contribution is -2.12. The van der Waals surface area contributed by atoms with Gasteiger partial charge in [-0.05, 0) is 82.1 Å². The summed E-state index contributed by atoms with van der Waals surface area (Å²) in [5.74, 6) is 0. The third kappa shape index (κ3) is 5.16. The van der Waals surface area contributed by atoms with Crippen molar-refractivity contribution in [3.63, 3.8) is 0 Å². The van der Waals surface area contributed by atoms with Gasteiger partial charge in [-0.25, -0.2) is 0 Å². The molecule has 0 bridgehead atoms. The van der Waals surface area contributed by atoms with Gasteiger partial charge in [0.05, 0.1) is 22.4 Å². The van der Waals surface area contributed by atoms with Gasteiger partial charge in [-0.3, -0.25) is 0 Å². The van der Waals surface area contributed by atoms with E-state index < -0.39 is 0 Å². The van der Waals surface area contributed by atoms with E-state index in [2.05, 4.69) is 216 Å². The average molecular weight is 719 g/mol. The first kappa shape index (κ1) is 31.6. The van der Waals surface area contributed by atoms with Crippen LogP contribution < -0.4 is 4.90 Å². The molecule has 2 nitrogen and oxygen atoms in total. The van der Waals surface area contributed by atoms with E-state index in [1.807, 2.05) is 11.3 Å². The van der Waals surface area contributed by atoms with E-state index in [-0.39, 0.29) is 0 Å². The molecule has 9 aromatic carbocycles. The molecule has 0 unspecified atom stereocenters. The Kier molecular flexibility index (Phi) is 7.39. The number of nitrogens with zero attached hydrogens (tertiary/aromatic N) is 2. The number of benzene rings is 9. The minimum absolute atomic E-state index is 1.09. The second-order valence-electron chi connectivity index (χ2n) is 14.1. The SMILES string of the molecule is c1ccc(-c2ccc(-c3cccc4ccccc34)cc2N(c2cccc(-n3c4ccccc4c4ccccc43)c2)c2cccc3sc4ccccc4c23)cc1. The maximum atomic E-state index is 2.51. The molecule has 55 heavy (non-hydrogen) atoms. The molecular weight excluding hydrogens is 685 g/mol. The largest absolute Gasteiger partial charge is 0.309 e. The van der Waals surface area contributed by atoms with Gasteiger partial charge in [0.2, 0.25) is 0 Å². The van der Waals surface area contributed by atoms with Crippen molar-refractivity contribution in [3.8, 4) is 27.9 Å². The minimum Gasteiger partial charge on any atom is -0.309 e. The molecule has 2 heterocycles. The molecule has 3 heteroatoms. The number of aromatic nitrogens is 1. The molecule has 11 rings (SSSR count). The molecule has 0 amide bonds. The topological polar surface area (TPSA) is 8.17 Å². The number of thiophene rings is 1. The van der Waals surface area contributed by atoms with Crippen LogP contribution in [0.2, 0.25) is 0 Å². The van der Waals surface area contributed by atoms with Gasteiger partial charge >= 0.3 is 0 Å². The Hall–Kier alpha value is -6.94. The number of anilines is 3. The number of fused-ring (bicyclic) bond motifs is 7. The highest BCUT2D eigenvalue weighted by Crippen LogP contribution is 2.49. The Morgan fingerprint density at radius 1 is 0.382 bits per heavy atom. The van der Waals surface area contributed by atoms with Crippen molar-refractivity contribution < 1.29 is 0 Å². The fourth-order valence-electron chi connectivity index (χ4n) is 8.55. The number of hydrogen-bond donors (Lipinski definition) is 0. The van der Waals surface area contributed by atoms with Crippen LogP contribution in [0.25, 0.3) is 80.7 Å². The lowest BCUT2D eigenvalue weighted by atomic mass is 9.94. The first-order chi connectivity index (χ1) is 27.3. The highest BCUT2D eigenvalue weighted by atomic mass is 32.1. The molecule has 258 valence electrons. The molecule has 0 aliphatic rings. The van der Waals surface area contributed by atoms with Gasteiger partial charge in [-0.2, -0.15) is 0 Å². The van der Waals surface area contributed by atoms with Crippen LogP contribution in [0.1, 0.15) is 0 Å². The molecule has 0 N–H and O–H groups in total. The summed E-state index contributed by atoms with van der Waals surface area (Å²) < 4.78 is 4.97. The molecule has 11 aromatic rings. The second kappa shape index (κ2) is 12.9. The Balaban J connectivity index is 1.23. The van der Waals surface area contributed by atoms with Gasteiger partial charge < -0.3 is 9.47 Å². The monoisotopic (exact) mass is 718 g/mol. The second-order valence-corrected chi connectivity index (χ2v) is 15.2. The first-order valence-corrected chi connectivity index (χ1v) is 19.6. The molecule has 0 saturated heterocycles. The third-order valence-corrected chi connectivity index (χ3v) is 12.1. The molecule has 0 atom stereocenters. The van der Waals surface area contributed by atoms with E-state index in [0.717, 1.165) is 22.7 Å². The molecule has 2 aromatic heterocycles. The van der Waals surface area contributed by atoms with Gasteiger partial charge in [0.15, 0.2) is 0 Å².